The van der Waals surface area contributed by atoms with Gasteiger partial charge in [-0.3, -0.25) is 0 Å². The number of carboxylic acid groups (broad SMARTS) is 1. The average Bonchev–Trinajstić information content (AvgIpc) is 3.02. The number of aromatic nitrogens is 1. The lowest BCUT2D eigenvalue weighted by Crippen LogP contribution is -1.95. The molecule has 116 valence electrons. The van der Waals surface area contributed by atoms with E-state index in [0.29, 0.717) is 5.56 Å². The lowest BCUT2D eigenvalue weighted by molar-refractivity contribution is 0.0697. The molecule has 0 saturated heterocycles. The summed E-state index contributed by atoms with van der Waals surface area (Å²) >= 11 is 0. The van der Waals surface area contributed by atoms with Crippen LogP contribution in [-0.4, -0.2) is 16.1 Å². The van der Waals surface area contributed by atoms with Gasteiger partial charge in [-0.1, -0.05) is 60.7 Å². The Morgan fingerprint density at radius 1 is 0.750 bits per heavy atom. The van der Waals surface area contributed by atoms with Crippen molar-refractivity contribution in [1.82, 2.24) is 4.98 Å². The third kappa shape index (κ3) is 2.36. The quantitative estimate of drug-likeness (QED) is 0.546. The summed E-state index contributed by atoms with van der Waals surface area (Å²) in [5, 5.41) is 10.2. The number of hydrogen-bond donors (Lipinski definition) is 2. The molecule has 2 N–H and O–H groups in total. The number of fused-ring (bicyclic) bond motifs is 1. The number of nitrogens with one attached hydrogen (secondary N) is 1. The summed E-state index contributed by atoms with van der Waals surface area (Å²) in [7, 11) is 0. The van der Waals surface area contributed by atoms with Crippen LogP contribution in [-0.2, 0) is 0 Å². The molecule has 0 saturated carbocycles. The second-order valence-electron chi connectivity index (χ2n) is 5.67. The third-order valence-electron chi connectivity index (χ3n) is 4.19. The Labute approximate surface area is 139 Å². The zero-order chi connectivity index (χ0) is 16.5. The summed E-state index contributed by atoms with van der Waals surface area (Å²) in [6, 6.07) is 25.3. The molecular weight excluding hydrogens is 298 g/mol. The Morgan fingerprint density at radius 2 is 1.42 bits per heavy atom. The lowest BCUT2D eigenvalue weighted by Gasteiger charge is -2.06. The van der Waals surface area contributed by atoms with E-state index in [2.05, 4.69) is 29.2 Å². The van der Waals surface area contributed by atoms with Crippen molar-refractivity contribution in [1.29, 1.82) is 0 Å². The Bertz CT molecular complexity index is 1010. The first-order valence-corrected chi connectivity index (χ1v) is 7.74. The smallest absolute Gasteiger partial charge is 0.335 e. The van der Waals surface area contributed by atoms with Crippen LogP contribution in [0.2, 0.25) is 0 Å². The average molecular weight is 313 g/mol. The van der Waals surface area contributed by atoms with Crippen molar-refractivity contribution in [2.45, 2.75) is 0 Å². The molecule has 0 amide bonds. The molecule has 0 spiro atoms. The van der Waals surface area contributed by atoms with Crippen LogP contribution in [0.3, 0.4) is 0 Å². The third-order valence-corrected chi connectivity index (χ3v) is 4.19. The van der Waals surface area contributed by atoms with Gasteiger partial charge in [-0.2, -0.15) is 0 Å². The summed E-state index contributed by atoms with van der Waals surface area (Å²) in [5.41, 5.74) is 5.59. The van der Waals surface area contributed by atoms with Crippen molar-refractivity contribution in [3.05, 3.63) is 84.4 Å². The van der Waals surface area contributed by atoms with Crippen molar-refractivity contribution in [2.24, 2.45) is 0 Å². The minimum atomic E-state index is -0.913. The Morgan fingerprint density at radius 3 is 2.12 bits per heavy atom. The van der Waals surface area contributed by atoms with E-state index in [1.54, 1.807) is 12.1 Å². The summed E-state index contributed by atoms with van der Waals surface area (Å²) in [6.07, 6.45) is 0. The van der Waals surface area contributed by atoms with Gasteiger partial charge in [0.15, 0.2) is 0 Å². The monoisotopic (exact) mass is 313 g/mol. The van der Waals surface area contributed by atoms with E-state index in [9.17, 15) is 4.79 Å². The first kappa shape index (κ1) is 14.3. The lowest BCUT2D eigenvalue weighted by atomic mass is 9.97. The van der Waals surface area contributed by atoms with Gasteiger partial charge in [-0.05, 0) is 29.3 Å². The number of carbonyl (C=O) groups is 1. The maximum Gasteiger partial charge on any atom is 0.335 e. The van der Waals surface area contributed by atoms with Gasteiger partial charge in [0.2, 0.25) is 0 Å². The van der Waals surface area contributed by atoms with E-state index >= 15 is 0 Å². The van der Waals surface area contributed by atoms with Gasteiger partial charge < -0.3 is 10.1 Å². The van der Waals surface area contributed by atoms with E-state index in [-0.39, 0.29) is 0 Å². The number of aromatic amines is 1. The van der Waals surface area contributed by atoms with Gasteiger partial charge in [0, 0.05) is 16.5 Å². The second-order valence-corrected chi connectivity index (χ2v) is 5.67. The highest BCUT2D eigenvalue weighted by atomic mass is 16.4. The first-order valence-electron chi connectivity index (χ1n) is 7.74. The molecule has 0 fully saturated rings. The number of aromatic carboxylic acids is 1. The fourth-order valence-corrected chi connectivity index (χ4v) is 3.04. The summed E-state index contributed by atoms with van der Waals surface area (Å²) in [5.74, 6) is -0.913. The molecule has 4 aromatic rings. The molecule has 1 aromatic heterocycles. The molecule has 3 nitrogen and oxygen atoms in total. The Kier molecular flexibility index (Phi) is 3.39. The molecule has 3 heteroatoms. The van der Waals surface area contributed by atoms with Crippen molar-refractivity contribution in [2.75, 3.05) is 0 Å². The highest BCUT2D eigenvalue weighted by Crippen LogP contribution is 2.38. The molecular formula is C21H15NO2. The normalized spacial score (nSPS) is 10.8. The first-order chi connectivity index (χ1) is 11.7. The van der Waals surface area contributed by atoms with Gasteiger partial charge in [0.05, 0.1) is 11.3 Å². The fourth-order valence-electron chi connectivity index (χ4n) is 3.04. The molecule has 0 unspecified atom stereocenters. The Balaban J connectivity index is 1.97. The molecule has 4 rings (SSSR count). The number of rotatable bonds is 3. The minimum absolute atomic E-state index is 0.292. The zero-order valence-electron chi connectivity index (χ0n) is 12.9. The van der Waals surface area contributed by atoms with Gasteiger partial charge in [0.1, 0.15) is 0 Å². The van der Waals surface area contributed by atoms with Crippen LogP contribution in [0.15, 0.2) is 78.9 Å². The van der Waals surface area contributed by atoms with E-state index in [1.165, 1.54) is 0 Å². The molecule has 0 aliphatic heterocycles. The number of hydrogen-bond acceptors (Lipinski definition) is 1. The number of carboxylic acids is 1. The molecule has 0 bridgehead atoms. The molecule has 3 aromatic carbocycles. The maximum atomic E-state index is 11.1. The van der Waals surface area contributed by atoms with Crippen molar-refractivity contribution >= 4 is 16.9 Å². The topological polar surface area (TPSA) is 53.1 Å². The molecule has 0 atom stereocenters. The highest BCUT2D eigenvalue weighted by Gasteiger charge is 2.15. The van der Waals surface area contributed by atoms with Crippen molar-refractivity contribution < 1.29 is 9.90 Å². The SMILES string of the molecule is O=C(O)c1ccc(-c2c(-c3ccccc3)[nH]c3ccccc23)cc1. The van der Waals surface area contributed by atoms with Crippen LogP contribution < -0.4 is 0 Å². The van der Waals surface area contributed by atoms with Crippen LogP contribution in [0, 0.1) is 0 Å². The van der Waals surface area contributed by atoms with Gasteiger partial charge in [-0.15, -0.1) is 0 Å². The van der Waals surface area contributed by atoms with Crippen molar-refractivity contribution in [3.8, 4) is 22.4 Å². The van der Waals surface area contributed by atoms with Crippen LogP contribution in [0.25, 0.3) is 33.3 Å². The van der Waals surface area contributed by atoms with Gasteiger partial charge in [0.25, 0.3) is 0 Å². The predicted molar refractivity (Wildman–Crippen MR) is 96.1 cm³/mol. The van der Waals surface area contributed by atoms with E-state index < -0.39 is 5.97 Å². The van der Waals surface area contributed by atoms with Gasteiger partial charge in [-0.25, -0.2) is 4.79 Å². The molecule has 24 heavy (non-hydrogen) atoms. The second kappa shape index (κ2) is 5.70. The number of H-pyrrole nitrogens is 1. The van der Waals surface area contributed by atoms with Crippen LogP contribution >= 0.6 is 0 Å². The fraction of sp³-hybridized carbons (Fsp3) is 0. The molecule has 0 radical (unpaired) electrons. The largest absolute Gasteiger partial charge is 0.478 e. The summed E-state index contributed by atoms with van der Waals surface area (Å²) in [4.78, 5) is 14.6. The predicted octanol–water partition coefficient (Wildman–Crippen LogP) is 5.20. The van der Waals surface area contributed by atoms with E-state index in [1.807, 2.05) is 42.5 Å². The maximum absolute atomic E-state index is 11.1. The van der Waals surface area contributed by atoms with Crippen LogP contribution in [0.5, 0.6) is 0 Å². The summed E-state index contributed by atoms with van der Waals surface area (Å²) < 4.78 is 0. The van der Waals surface area contributed by atoms with E-state index in [4.69, 9.17) is 5.11 Å². The number of benzene rings is 3. The highest BCUT2D eigenvalue weighted by molar-refractivity contribution is 6.04. The molecule has 0 aliphatic carbocycles. The molecule has 0 aliphatic rings. The number of para-hydroxylation sites is 1. The van der Waals surface area contributed by atoms with Crippen molar-refractivity contribution in [3.63, 3.8) is 0 Å². The van der Waals surface area contributed by atoms with Crippen LogP contribution in [0.1, 0.15) is 10.4 Å². The van der Waals surface area contributed by atoms with E-state index in [0.717, 1.165) is 33.3 Å². The Hall–Kier alpha value is -3.33. The standard InChI is InChI=1S/C21H15NO2/c23-21(24)16-12-10-14(11-13-16)19-17-8-4-5-9-18(17)22-20(19)15-6-2-1-3-7-15/h1-13,22H,(H,23,24). The van der Waals surface area contributed by atoms with Gasteiger partial charge >= 0.3 is 5.97 Å². The zero-order valence-corrected chi connectivity index (χ0v) is 12.9. The summed E-state index contributed by atoms with van der Waals surface area (Å²) in [6.45, 7) is 0. The molecule has 1 heterocycles. The minimum Gasteiger partial charge on any atom is -0.478 e. The van der Waals surface area contributed by atoms with Crippen LogP contribution in [0.4, 0.5) is 0 Å².